The second kappa shape index (κ2) is 10.9. The highest BCUT2D eigenvalue weighted by atomic mass is 19.1. The van der Waals surface area contributed by atoms with Gasteiger partial charge in [0, 0.05) is 24.2 Å². The van der Waals surface area contributed by atoms with E-state index in [2.05, 4.69) is 10.3 Å². The predicted molar refractivity (Wildman–Crippen MR) is 159 cm³/mol. The van der Waals surface area contributed by atoms with E-state index in [1.54, 1.807) is 36.4 Å². The summed E-state index contributed by atoms with van der Waals surface area (Å²) in [6, 6.07) is 16.3. The first-order chi connectivity index (χ1) is 21.2. The summed E-state index contributed by atoms with van der Waals surface area (Å²) < 4.78 is 27.5. The average molecular weight is 598 g/mol. The monoisotopic (exact) mass is 597 g/mol. The topological polar surface area (TPSA) is 120 Å². The summed E-state index contributed by atoms with van der Waals surface area (Å²) in [6.45, 7) is 0. The van der Waals surface area contributed by atoms with Gasteiger partial charge in [-0.3, -0.25) is 14.2 Å². The van der Waals surface area contributed by atoms with Crippen molar-refractivity contribution in [2.75, 3.05) is 7.11 Å². The number of halogens is 1. The summed E-state index contributed by atoms with van der Waals surface area (Å²) in [6.07, 6.45) is 4.48. The van der Waals surface area contributed by atoms with Crippen LogP contribution in [-0.4, -0.2) is 45.5 Å². The summed E-state index contributed by atoms with van der Waals surface area (Å²) >= 11 is 0. The molecule has 0 aliphatic heterocycles. The smallest absolute Gasteiger partial charge is 0.437 e. The molecule has 9 nitrogen and oxygen atoms in total. The van der Waals surface area contributed by atoms with Crippen LogP contribution < -0.4 is 15.5 Å². The minimum atomic E-state index is -1.05. The molecule has 2 heterocycles. The first-order valence-electron chi connectivity index (χ1n) is 14.9. The van der Waals surface area contributed by atoms with Gasteiger partial charge in [-0.2, -0.15) is 0 Å². The lowest BCUT2D eigenvalue weighted by atomic mass is 9.52. The molecule has 2 aromatic heterocycles. The number of carbonyl (C=O) groups excluding carboxylic acids is 2. The van der Waals surface area contributed by atoms with Crippen LogP contribution in [0.2, 0.25) is 0 Å². The molecule has 4 aliphatic rings. The Kier molecular flexibility index (Phi) is 6.96. The number of nitrogens with one attached hydrogen (secondary N) is 1. The number of benzene rings is 2. The zero-order valence-electron chi connectivity index (χ0n) is 24.2. The number of nitrogens with zero attached hydrogens (tertiary/aromatic N) is 2. The molecule has 1 amide bonds. The first kappa shape index (κ1) is 28.2. The van der Waals surface area contributed by atoms with E-state index >= 15 is 4.39 Å². The van der Waals surface area contributed by atoms with Gasteiger partial charge in [-0.25, -0.2) is 14.2 Å². The van der Waals surface area contributed by atoms with Gasteiger partial charge >= 0.3 is 6.16 Å². The standard InChI is InChI=1S/C34H32FN3O6/c1-43-33(41)44-32-26(29(39)25-8-5-11-36-30(25)38(32)24-6-3-2-4-7-24)14-20-9-10-21(15-27(20)35)31(40)37-28-22-12-19-13-23(28)18-34(42,16-19)17-22/h2-11,15,19,22-23,28,42H,12-14,16-18H2,1H3,(H,37,40)/t19-,22-,23+,28-,34+. The SMILES string of the molecule is COC(=O)Oc1c(Cc2ccc(C(=O)N[C@@H]3[C@@H]4C[C@@H]5C[C@H]3C[C@](O)(C5)C4)cc2F)c(=O)c2cccnc2n1-c1ccccc1. The highest BCUT2D eigenvalue weighted by Gasteiger charge is 2.55. The molecule has 8 rings (SSSR count). The molecule has 0 radical (unpaired) electrons. The molecule has 4 aliphatic carbocycles. The van der Waals surface area contributed by atoms with E-state index in [0.717, 1.165) is 26.4 Å². The molecule has 0 unspecified atom stereocenters. The molecule has 2 N–H and O–H groups in total. The largest absolute Gasteiger partial charge is 0.514 e. The second-order valence-corrected chi connectivity index (χ2v) is 12.4. The summed E-state index contributed by atoms with van der Waals surface area (Å²) in [5.74, 6) is -0.212. The van der Waals surface area contributed by atoms with Crippen molar-refractivity contribution in [3.8, 4) is 11.6 Å². The van der Waals surface area contributed by atoms with Gasteiger partial charge in [-0.1, -0.05) is 24.3 Å². The molecule has 0 spiro atoms. The van der Waals surface area contributed by atoms with Crippen molar-refractivity contribution < 1.29 is 28.6 Å². The molecule has 2 aromatic carbocycles. The number of fused-ring (bicyclic) bond motifs is 1. The molecule has 4 saturated carbocycles. The van der Waals surface area contributed by atoms with E-state index in [1.807, 2.05) is 6.07 Å². The molecular weight excluding hydrogens is 565 g/mol. The van der Waals surface area contributed by atoms with Crippen molar-refractivity contribution in [1.82, 2.24) is 14.9 Å². The van der Waals surface area contributed by atoms with Crippen LogP contribution in [0, 0.1) is 23.6 Å². The summed E-state index contributed by atoms with van der Waals surface area (Å²) in [4.78, 5) is 43.8. The maximum Gasteiger partial charge on any atom is 0.514 e. The number of hydrogen-bond donors (Lipinski definition) is 2. The zero-order chi connectivity index (χ0) is 30.6. The van der Waals surface area contributed by atoms with E-state index in [1.165, 1.54) is 29.0 Å². The van der Waals surface area contributed by atoms with Crippen molar-refractivity contribution in [2.45, 2.75) is 50.2 Å². The Balaban J connectivity index is 1.22. The van der Waals surface area contributed by atoms with Crippen LogP contribution in [-0.2, 0) is 11.2 Å². The lowest BCUT2D eigenvalue weighted by Crippen LogP contribution is -2.61. The number of hydrogen-bond acceptors (Lipinski definition) is 7. The molecule has 0 saturated heterocycles. The highest BCUT2D eigenvalue weighted by Crippen LogP contribution is 2.55. The molecule has 4 aromatic rings. The number of aromatic nitrogens is 2. The molecule has 10 heteroatoms. The third kappa shape index (κ3) is 4.93. The van der Waals surface area contributed by atoms with Gasteiger partial charge in [-0.05, 0) is 91.8 Å². The number of para-hydroxylation sites is 1. The lowest BCUT2D eigenvalue weighted by molar-refractivity contribution is -0.136. The normalized spacial score (nSPS) is 25.2. The quantitative estimate of drug-likeness (QED) is 0.303. The highest BCUT2D eigenvalue weighted by molar-refractivity contribution is 5.94. The van der Waals surface area contributed by atoms with Crippen molar-refractivity contribution in [3.63, 3.8) is 0 Å². The fraction of sp³-hybridized carbons (Fsp3) is 0.353. The van der Waals surface area contributed by atoms with E-state index in [-0.39, 0.29) is 63.8 Å². The van der Waals surface area contributed by atoms with Gasteiger partial charge in [0.15, 0.2) is 11.1 Å². The number of carbonyl (C=O) groups is 2. The minimum Gasteiger partial charge on any atom is -0.437 e. The maximum atomic E-state index is 15.7. The Morgan fingerprint density at radius 1 is 1.07 bits per heavy atom. The number of aliphatic hydroxyl groups is 1. The van der Waals surface area contributed by atoms with Gasteiger partial charge in [0.1, 0.15) is 5.82 Å². The fourth-order valence-electron chi connectivity index (χ4n) is 7.92. The van der Waals surface area contributed by atoms with Crippen LogP contribution in [0.15, 0.2) is 71.7 Å². The van der Waals surface area contributed by atoms with Crippen LogP contribution in [0.3, 0.4) is 0 Å². The van der Waals surface area contributed by atoms with Gasteiger partial charge in [0.05, 0.1) is 29.3 Å². The Labute approximate surface area is 252 Å². The Bertz CT molecular complexity index is 1820. The number of pyridine rings is 2. The van der Waals surface area contributed by atoms with Gasteiger partial charge in [0.2, 0.25) is 5.88 Å². The molecule has 226 valence electrons. The number of ether oxygens (including phenoxy) is 2. The van der Waals surface area contributed by atoms with Gasteiger partial charge < -0.3 is 19.9 Å². The van der Waals surface area contributed by atoms with E-state index in [4.69, 9.17) is 9.47 Å². The number of methoxy groups -OCH3 is 1. The molecule has 44 heavy (non-hydrogen) atoms. The Morgan fingerprint density at radius 3 is 2.50 bits per heavy atom. The summed E-state index contributed by atoms with van der Waals surface area (Å²) in [5, 5.41) is 14.3. The number of amides is 1. The van der Waals surface area contributed by atoms with Crippen LogP contribution in [0.25, 0.3) is 16.7 Å². The van der Waals surface area contributed by atoms with Crippen molar-refractivity contribution >= 4 is 23.1 Å². The predicted octanol–water partition coefficient (Wildman–Crippen LogP) is 4.93. The molecular formula is C34H32FN3O6. The van der Waals surface area contributed by atoms with Crippen molar-refractivity contribution in [2.24, 2.45) is 17.8 Å². The summed E-state index contributed by atoms with van der Waals surface area (Å²) in [7, 11) is 1.15. The average Bonchev–Trinajstić information content (AvgIpc) is 3.01. The third-order valence-electron chi connectivity index (χ3n) is 9.56. The van der Waals surface area contributed by atoms with Gasteiger partial charge in [-0.15, -0.1) is 0 Å². The summed E-state index contributed by atoms with van der Waals surface area (Å²) in [5.41, 5.74) is 0.102. The van der Waals surface area contributed by atoms with E-state index < -0.39 is 23.0 Å². The van der Waals surface area contributed by atoms with E-state index in [0.29, 0.717) is 24.4 Å². The molecule has 5 atom stereocenters. The fourth-order valence-corrected chi connectivity index (χ4v) is 7.92. The zero-order valence-corrected chi connectivity index (χ0v) is 24.2. The molecule has 4 fully saturated rings. The lowest BCUT2D eigenvalue weighted by Gasteiger charge is -2.58. The van der Waals surface area contributed by atoms with Gasteiger partial charge in [0.25, 0.3) is 5.91 Å². The Hall–Kier alpha value is -4.57. The number of rotatable bonds is 6. The van der Waals surface area contributed by atoms with Crippen LogP contribution in [0.1, 0.15) is 53.6 Å². The first-order valence-corrected chi connectivity index (χ1v) is 14.9. The van der Waals surface area contributed by atoms with E-state index in [9.17, 15) is 19.5 Å². The van der Waals surface area contributed by atoms with Crippen LogP contribution in [0.5, 0.6) is 5.88 Å². The van der Waals surface area contributed by atoms with Crippen LogP contribution in [0.4, 0.5) is 9.18 Å². The van der Waals surface area contributed by atoms with Crippen molar-refractivity contribution in [3.05, 3.63) is 99.6 Å². The molecule has 4 bridgehead atoms. The minimum absolute atomic E-state index is 0.0300. The van der Waals surface area contributed by atoms with Crippen molar-refractivity contribution in [1.29, 1.82) is 0 Å². The maximum absolute atomic E-state index is 15.7. The second-order valence-electron chi connectivity index (χ2n) is 12.4. The van der Waals surface area contributed by atoms with Crippen LogP contribution >= 0.6 is 0 Å². The Morgan fingerprint density at radius 2 is 1.82 bits per heavy atom. The third-order valence-corrected chi connectivity index (χ3v) is 9.56.